The van der Waals surface area contributed by atoms with Gasteiger partial charge in [0.2, 0.25) is 0 Å². The Morgan fingerprint density at radius 3 is 2.86 bits per heavy atom. The minimum atomic E-state index is 0.592. The topological polar surface area (TPSA) is 56.7 Å². The summed E-state index contributed by atoms with van der Waals surface area (Å²) in [4.78, 5) is 9.59. The van der Waals surface area contributed by atoms with Crippen molar-refractivity contribution < 1.29 is 0 Å². The van der Waals surface area contributed by atoms with Crippen LogP contribution < -0.4 is 5.73 Å². The smallest absolute Gasteiger partial charge is 0.138 e. The maximum Gasteiger partial charge on any atom is 0.138 e. The summed E-state index contributed by atoms with van der Waals surface area (Å²) in [5, 5.41) is 0. The number of fused-ring (bicyclic) bond motifs is 2. The zero-order valence-corrected chi connectivity index (χ0v) is 11.9. The largest absolute Gasteiger partial charge is 0.330 e. The van der Waals surface area contributed by atoms with Crippen LogP contribution in [0.2, 0.25) is 0 Å². The molecule has 1 aromatic carbocycles. The van der Waals surface area contributed by atoms with Crippen molar-refractivity contribution in [1.82, 2.24) is 14.5 Å². The van der Waals surface area contributed by atoms with Crippen molar-refractivity contribution in [3.63, 3.8) is 0 Å². The van der Waals surface area contributed by atoms with E-state index in [-0.39, 0.29) is 0 Å². The summed E-state index contributed by atoms with van der Waals surface area (Å²) in [6.07, 6.45) is 4.21. The quantitative estimate of drug-likeness (QED) is 0.800. The molecule has 0 unspecified atom stereocenters. The summed E-state index contributed by atoms with van der Waals surface area (Å²) in [6, 6.07) is 12.5. The molecule has 2 heterocycles. The van der Waals surface area contributed by atoms with Crippen LogP contribution in [0, 0.1) is 0 Å². The summed E-state index contributed by atoms with van der Waals surface area (Å²) in [5.74, 6) is 1.96. The molecule has 0 aliphatic heterocycles. The van der Waals surface area contributed by atoms with E-state index in [9.17, 15) is 0 Å². The summed E-state index contributed by atoms with van der Waals surface area (Å²) in [5.41, 5.74) is 10.5. The standard InChI is InChI=1S/C17H18N4/c18-11-10-17-20-14-5-1-2-7-15(14)21(17)16-9-8-12-4-3-6-13(12)19-16/h1-2,5,7-9H,3-4,6,10-11,18H2. The van der Waals surface area contributed by atoms with E-state index < -0.39 is 0 Å². The van der Waals surface area contributed by atoms with Crippen molar-refractivity contribution in [3.05, 3.63) is 53.5 Å². The first-order valence-corrected chi connectivity index (χ1v) is 7.52. The highest BCUT2D eigenvalue weighted by Crippen LogP contribution is 2.25. The number of nitrogens with two attached hydrogens (primary N) is 1. The summed E-state index contributed by atoms with van der Waals surface area (Å²) < 4.78 is 2.15. The molecular weight excluding hydrogens is 260 g/mol. The molecule has 1 aliphatic carbocycles. The predicted octanol–water partition coefficient (Wildman–Crippen LogP) is 2.41. The fraction of sp³-hybridized carbons (Fsp3) is 0.294. The molecule has 0 atom stereocenters. The van der Waals surface area contributed by atoms with Crippen molar-refractivity contribution in [2.75, 3.05) is 6.54 Å². The van der Waals surface area contributed by atoms with Crippen LogP contribution in [0.25, 0.3) is 16.9 Å². The minimum Gasteiger partial charge on any atom is -0.330 e. The van der Waals surface area contributed by atoms with Gasteiger partial charge in [0, 0.05) is 12.1 Å². The van der Waals surface area contributed by atoms with Gasteiger partial charge in [-0.25, -0.2) is 9.97 Å². The number of hydrogen-bond donors (Lipinski definition) is 1. The van der Waals surface area contributed by atoms with Crippen LogP contribution in [0.1, 0.15) is 23.5 Å². The Balaban J connectivity index is 1.94. The van der Waals surface area contributed by atoms with Gasteiger partial charge in [-0.05, 0) is 49.6 Å². The molecule has 0 bridgehead atoms. The van der Waals surface area contributed by atoms with E-state index in [1.54, 1.807) is 0 Å². The number of para-hydroxylation sites is 2. The second-order valence-corrected chi connectivity index (χ2v) is 5.52. The minimum absolute atomic E-state index is 0.592. The van der Waals surface area contributed by atoms with Gasteiger partial charge in [0.05, 0.1) is 11.0 Å². The number of nitrogens with zero attached hydrogens (tertiary/aromatic N) is 3. The first kappa shape index (κ1) is 12.5. The molecule has 21 heavy (non-hydrogen) atoms. The molecule has 0 saturated carbocycles. The van der Waals surface area contributed by atoms with Gasteiger partial charge in [-0.3, -0.25) is 4.57 Å². The molecule has 2 aromatic heterocycles. The summed E-state index contributed by atoms with van der Waals surface area (Å²) >= 11 is 0. The Bertz CT molecular complexity index is 804. The van der Waals surface area contributed by atoms with Crippen LogP contribution in [0.4, 0.5) is 0 Å². The summed E-state index contributed by atoms with van der Waals surface area (Å²) in [6.45, 7) is 0.592. The molecule has 106 valence electrons. The molecule has 4 heteroatoms. The lowest BCUT2D eigenvalue weighted by Gasteiger charge is -2.09. The molecule has 4 rings (SSSR count). The van der Waals surface area contributed by atoms with Crippen LogP contribution in [-0.2, 0) is 19.3 Å². The second-order valence-electron chi connectivity index (χ2n) is 5.52. The highest BCUT2D eigenvalue weighted by Gasteiger charge is 2.16. The third kappa shape index (κ3) is 2.03. The van der Waals surface area contributed by atoms with E-state index in [1.807, 2.05) is 18.2 Å². The predicted molar refractivity (Wildman–Crippen MR) is 83.6 cm³/mol. The highest BCUT2D eigenvalue weighted by atomic mass is 15.1. The second kappa shape index (κ2) is 4.97. The first-order chi connectivity index (χ1) is 10.4. The van der Waals surface area contributed by atoms with Crippen LogP contribution >= 0.6 is 0 Å². The molecule has 3 aromatic rings. The van der Waals surface area contributed by atoms with E-state index in [0.717, 1.165) is 41.9 Å². The number of rotatable bonds is 3. The van der Waals surface area contributed by atoms with Crippen molar-refractivity contribution in [2.24, 2.45) is 5.73 Å². The van der Waals surface area contributed by atoms with Crippen molar-refractivity contribution in [2.45, 2.75) is 25.7 Å². The van der Waals surface area contributed by atoms with Crippen molar-refractivity contribution >= 4 is 11.0 Å². The average Bonchev–Trinajstić information content (AvgIpc) is 3.10. The Kier molecular flexibility index (Phi) is 2.97. The van der Waals surface area contributed by atoms with Gasteiger partial charge in [0.25, 0.3) is 0 Å². The Morgan fingerprint density at radius 1 is 1.05 bits per heavy atom. The maximum atomic E-state index is 5.75. The van der Waals surface area contributed by atoms with Crippen LogP contribution in [0.15, 0.2) is 36.4 Å². The molecule has 4 nitrogen and oxygen atoms in total. The molecule has 0 radical (unpaired) electrons. The molecular formula is C17H18N4. The first-order valence-electron chi connectivity index (χ1n) is 7.52. The van der Waals surface area contributed by atoms with Crippen LogP contribution in [0.3, 0.4) is 0 Å². The number of benzene rings is 1. The molecule has 2 N–H and O–H groups in total. The van der Waals surface area contributed by atoms with E-state index in [4.69, 9.17) is 15.7 Å². The lowest BCUT2D eigenvalue weighted by molar-refractivity contribution is 0.828. The Morgan fingerprint density at radius 2 is 1.95 bits per heavy atom. The molecule has 1 aliphatic rings. The monoisotopic (exact) mass is 278 g/mol. The number of hydrogen-bond acceptors (Lipinski definition) is 3. The molecule has 0 fully saturated rings. The van der Waals surface area contributed by atoms with Gasteiger partial charge in [-0.15, -0.1) is 0 Å². The average molecular weight is 278 g/mol. The lowest BCUT2D eigenvalue weighted by atomic mass is 10.2. The normalized spacial score (nSPS) is 13.8. The maximum absolute atomic E-state index is 5.75. The number of pyridine rings is 1. The fourth-order valence-corrected chi connectivity index (χ4v) is 3.16. The van der Waals surface area contributed by atoms with E-state index in [0.29, 0.717) is 6.54 Å². The Hall–Kier alpha value is -2.20. The van der Waals surface area contributed by atoms with Crippen LogP contribution in [0.5, 0.6) is 0 Å². The van der Waals surface area contributed by atoms with Gasteiger partial charge in [0.15, 0.2) is 0 Å². The molecule has 0 saturated heterocycles. The van der Waals surface area contributed by atoms with E-state index in [2.05, 4.69) is 22.8 Å². The number of aromatic nitrogens is 3. The fourth-order valence-electron chi connectivity index (χ4n) is 3.16. The number of aryl methyl sites for hydroxylation is 2. The van der Waals surface area contributed by atoms with Gasteiger partial charge in [-0.2, -0.15) is 0 Å². The van der Waals surface area contributed by atoms with E-state index >= 15 is 0 Å². The van der Waals surface area contributed by atoms with Gasteiger partial charge >= 0.3 is 0 Å². The zero-order valence-electron chi connectivity index (χ0n) is 11.9. The molecule has 0 spiro atoms. The summed E-state index contributed by atoms with van der Waals surface area (Å²) in [7, 11) is 0. The SMILES string of the molecule is NCCc1nc2ccccc2n1-c1ccc2c(n1)CCC2. The van der Waals surface area contributed by atoms with Crippen molar-refractivity contribution in [3.8, 4) is 5.82 Å². The van der Waals surface area contributed by atoms with Crippen molar-refractivity contribution in [1.29, 1.82) is 0 Å². The molecule has 0 amide bonds. The van der Waals surface area contributed by atoms with Gasteiger partial charge in [-0.1, -0.05) is 18.2 Å². The highest BCUT2D eigenvalue weighted by molar-refractivity contribution is 5.77. The lowest BCUT2D eigenvalue weighted by Crippen LogP contribution is -2.10. The van der Waals surface area contributed by atoms with Gasteiger partial charge in [0.1, 0.15) is 11.6 Å². The van der Waals surface area contributed by atoms with Gasteiger partial charge < -0.3 is 5.73 Å². The third-order valence-electron chi connectivity index (χ3n) is 4.14. The zero-order chi connectivity index (χ0) is 14.2. The van der Waals surface area contributed by atoms with E-state index in [1.165, 1.54) is 17.7 Å². The van der Waals surface area contributed by atoms with Crippen LogP contribution in [-0.4, -0.2) is 21.1 Å². The Labute approximate surface area is 123 Å². The number of imidazole rings is 1. The third-order valence-corrected chi connectivity index (χ3v) is 4.14.